The highest BCUT2D eigenvalue weighted by Crippen LogP contribution is 2.16. The monoisotopic (exact) mass is 351 g/mol. The second kappa shape index (κ2) is 6.35. The van der Waals surface area contributed by atoms with Crippen LogP contribution in [0.25, 0.3) is 0 Å². The number of amides is 1. The predicted molar refractivity (Wildman–Crippen MR) is 69.4 cm³/mol. The summed E-state index contributed by atoms with van der Waals surface area (Å²) in [5, 5.41) is 3.62. The summed E-state index contributed by atoms with van der Waals surface area (Å²) >= 11 is 6.34. The maximum atomic E-state index is 13.2. The highest BCUT2D eigenvalue weighted by Gasteiger charge is 2.11. The molecule has 1 unspecified atom stereocenters. The number of hydrogen-bond acceptors (Lipinski definition) is 1. The molecule has 0 aliphatic heterocycles. The van der Waals surface area contributed by atoms with Gasteiger partial charge in [-0.2, -0.15) is 0 Å². The number of hydrogen-bond donors (Lipinski definition) is 1. The maximum Gasteiger partial charge on any atom is 0.251 e. The smallest absolute Gasteiger partial charge is 0.251 e. The molecule has 0 saturated heterocycles. The summed E-state index contributed by atoms with van der Waals surface area (Å²) in [4.78, 5) is 11.7. The Kier molecular flexibility index (Phi) is 5.41. The predicted octanol–water partition coefficient (Wildman–Crippen LogP) is 3.49. The summed E-state index contributed by atoms with van der Waals surface area (Å²) in [6, 6.07) is 4.40. The number of carbonyl (C=O) groups excluding carboxylic acids is 1. The van der Waals surface area contributed by atoms with Crippen molar-refractivity contribution in [3.05, 3.63) is 34.1 Å². The number of nitrogens with one attached hydrogen (secondary N) is 1. The van der Waals surface area contributed by atoms with E-state index < -0.39 is 5.82 Å². The molecule has 5 heteroatoms. The van der Waals surface area contributed by atoms with Crippen molar-refractivity contribution in [1.82, 2.24) is 5.32 Å². The van der Waals surface area contributed by atoms with E-state index >= 15 is 0 Å². The van der Waals surface area contributed by atoms with Crippen molar-refractivity contribution in [1.29, 1.82) is 0 Å². The molecule has 0 heterocycles. The van der Waals surface area contributed by atoms with Crippen LogP contribution in [0.2, 0.25) is 0 Å². The number of benzene rings is 1. The molecule has 0 fully saturated rings. The minimum Gasteiger partial charge on any atom is -0.350 e. The minimum atomic E-state index is -0.430. The quantitative estimate of drug-likeness (QED) is 0.825. The number of halogens is 3. The lowest BCUT2D eigenvalue weighted by molar-refractivity contribution is 0.0939. The summed E-state index contributed by atoms with van der Waals surface area (Å²) in [6.45, 7) is 1.91. The third kappa shape index (κ3) is 3.87. The van der Waals surface area contributed by atoms with E-state index in [4.69, 9.17) is 0 Å². The van der Waals surface area contributed by atoms with E-state index in [1.807, 2.05) is 6.92 Å². The average molecular weight is 353 g/mol. The van der Waals surface area contributed by atoms with Crippen LogP contribution in [0.4, 0.5) is 4.39 Å². The summed E-state index contributed by atoms with van der Waals surface area (Å²) < 4.78 is 13.5. The average Bonchev–Trinajstić information content (AvgIpc) is 2.22. The Morgan fingerprint density at radius 3 is 2.81 bits per heavy atom. The Hall–Kier alpha value is -0.420. The van der Waals surface area contributed by atoms with Gasteiger partial charge in [-0.05, 0) is 47.5 Å². The molecule has 1 rings (SSSR count). The van der Waals surface area contributed by atoms with Gasteiger partial charge in [0.25, 0.3) is 5.91 Å². The summed E-state index contributed by atoms with van der Waals surface area (Å²) in [5.41, 5.74) is 0.335. The van der Waals surface area contributed by atoms with Crippen molar-refractivity contribution >= 4 is 37.8 Å². The van der Waals surface area contributed by atoms with E-state index in [1.54, 1.807) is 6.07 Å². The molecule has 0 aliphatic rings. The Morgan fingerprint density at radius 2 is 2.25 bits per heavy atom. The lowest BCUT2D eigenvalue weighted by Crippen LogP contribution is -2.32. The van der Waals surface area contributed by atoms with Crippen LogP contribution in [-0.2, 0) is 0 Å². The zero-order valence-corrected chi connectivity index (χ0v) is 11.9. The van der Waals surface area contributed by atoms with Gasteiger partial charge in [0.1, 0.15) is 5.82 Å². The summed E-state index contributed by atoms with van der Waals surface area (Å²) in [5.74, 6) is -0.680. The van der Waals surface area contributed by atoms with E-state index in [-0.39, 0.29) is 11.9 Å². The van der Waals surface area contributed by atoms with Gasteiger partial charge in [0.2, 0.25) is 0 Å². The molecular weight excluding hydrogens is 341 g/mol. The Bertz CT molecular complexity index is 384. The van der Waals surface area contributed by atoms with E-state index in [2.05, 4.69) is 37.2 Å². The Labute approximate surface area is 111 Å². The molecule has 0 saturated carbocycles. The standard InChI is InChI=1S/C11H12Br2FNO/c1-7(4-5-12)15-11(16)8-2-3-9(13)10(14)6-8/h2-3,6-7H,4-5H2,1H3,(H,15,16). The van der Waals surface area contributed by atoms with Crippen LogP contribution in [0.3, 0.4) is 0 Å². The van der Waals surface area contributed by atoms with Crippen molar-refractivity contribution in [3.63, 3.8) is 0 Å². The van der Waals surface area contributed by atoms with E-state index in [1.165, 1.54) is 12.1 Å². The molecular formula is C11H12Br2FNO. The minimum absolute atomic E-state index is 0.0681. The second-order valence-corrected chi connectivity index (χ2v) is 5.13. The van der Waals surface area contributed by atoms with Gasteiger partial charge in [-0.15, -0.1) is 0 Å². The van der Waals surface area contributed by atoms with Crippen molar-refractivity contribution in [3.8, 4) is 0 Å². The van der Waals surface area contributed by atoms with Crippen molar-refractivity contribution in [2.75, 3.05) is 5.33 Å². The zero-order chi connectivity index (χ0) is 12.1. The van der Waals surface area contributed by atoms with Crippen LogP contribution < -0.4 is 5.32 Å². The van der Waals surface area contributed by atoms with Crippen LogP contribution in [0, 0.1) is 5.82 Å². The zero-order valence-electron chi connectivity index (χ0n) is 8.77. The molecule has 16 heavy (non-hydrogen) atoms. The SMILES string of the molecule is CC(CCBr)NC(=O)c1ccc(Br)c(F)c1. The third-order valence-corrected chi connectivity index (χ3v) is 3.20. The maximum absolute atomic E-state index is 13.2. The van der Waals surface area contributed by atoms with Crippen molar-refractivity contribution in [2.45, 2.75) is 19.4 Å². The van der Waals surface area contributed by atoms with Gasteiger partial charge in [-0.1, -0.05) is 15.9 Å². The van der Waals surface area contributed by atoms with Gasteiger partial charge < -0.3 is 5.32 Å². The first-order chi connectivity index (χ1) is 7.54. The molecule has 2 nitrogen and oxygen atoms in total. The van der Waals surface area contributed by atoms with Gasteiger partial charge in [0, 0.05) is 16.9 Å². The molecule has 1 N–H and O–H groups in total. The van der Waals surface area contributed by atoms with Gasteiger partial charge in [0.05, 0.1) is 4.47 Å². The van der Waals surface area contributed by atoms with Crippen LogP contribution in [0.5, 0.6) is 0 Å². The molecule has 1 aromatic carbocycles. The van der Waals surface area contributed by atoms with E-state index in [0.717, 1.165) is 11.8 Å². The lowest BCUT2D eigenvalue weighted by Gasteiger charge is -2.12. The highest BCUT2D eigenvalue weighted by atomic mass is 79.9. The van der Waals surface area contributed by atoms with Crippen molar-refractivity contribution < 1.29 is 9.18 Å². The molecule has 1 amide bonds. The molecule has 0 aliphatic carbocycles. The van der Waals surface area contributed by atoms with Gasteiger partial charge in [-0.3, -0.25) is 4.79 Å². The fourth-order valence-electron chi connectivity index (χ4n) is 1.18. The molecule has 0 spiro atoms. The summed E-state index contributed by atoms with van der Waals surface area (Å²) in [7, 11) is 0. The van der Waals surface area contributed by atoms with Crippen LogP contribution in [0.15, 0.2) is 22.7 Å². The second-order valence-electron chi connectivity index (χ2n) is 3.48. The first kappa shape index (κ1) is 13.6. The normalized spacial score (nSPS) is 12.2. The topological polar surface area (TPSA) is 29.1 Å². The molecule has 0 bridgehead atoms. The van der Waals surface area contributed by atoms with Gasteiger partial charge in [0.15, 0.2) is 0 Å². The Morgan fingerprint density at radius 1 is 1.56 bits per heavy atom. The first-order valence-corrected chi connectivity index (χ1v) is 6.78. The number of rotatable bonds is 4. The lowest BCUT2D eigenvalue weighted by atomic mass is 10.2. The van der Waals surface area contributed by atoms with Crippen LogP contribution >= 0.6 is 31.9 Å². The van der Waals surface area contributed by atoms with E-state index in [0.29, 0.717) is 10.0 Å². The number of alkyl halides is 1. The fourth-order valence-corrected chi connectivity index (χ4v) is 2.11. The number of carbonyl (C=O) groups is 1. The molecule has 0 radical (unpaired) electrons. The summed E-state index contributed by atoms with van der Waals surface area (Å²) in [6.07, 6.45) is 0.838. The van der Waals surface area contributed by atoms with E-state index in [9.17, 15) is 9.18 Å². The van der Waals surface area contributed by atoms with Crippen molar-refractivity contribution in [2.24, 2.45) is 0 Å². The Balaban J connectivity index is 2.69. The highest BCUT2D eigenvalue weighted by molar-refractivity contribution is 9.10. The third-order valence-electron chi connectivity index (χ3n) is 2.10. The molecule has 88 valence electrons. The largest absolute Gasteiger partial charge is 0.350 e. The first-order valence-electron chi connectivity index (χ1n) is 4.86. The van der Waals surface area contributed by atoms with Gasteiger partial charge in [-0.25, -0.2) is 4.39 Å². The molecule has 0 aromatic heterocycles. The van der Waals surface area contributed by atoms with Gasteiger partial charge >= 0.3 is 0 Å². The fraction of sp³-hybridized carbons (Fsp3) is 0.364. The van der Waals surface area contributed by atoms with Crippen LogP contribution in [-0.4, -0.2) is 17.3 Å². The molecule has 1 aromatic rings. The van der Waals surface area contributed by atoms with Crippen LogP contribution in [0.1, 0.15) is 23.7 Å². The molecule has 1 atom stereocenters.